The maximum atomic E-state index is 6.16. The van der Waals surface area contributed by atoms with Crippen LogP contribution in [-0.4, -0.2) is 7.05 Å². The van der Waals surface area contributed by atoms with Crippen molar-refractivity contribution in [2.45, 2.75) is 26.3 Å². The van der Waals surface area contributed by atoms with Crippen LogP contribution in [0.5, 0.6) is 0 Å². The van der Waals surface area contributed by atoms with E-state index in [4.69, 9.17) is 23.2 Å². The summed E-state index contributed by atoms with van der Waals surface area (Å²) in [7, 11) is 1.94. The summed E-state index contributed by atoms with van der Waals surface area (Å²) in [5.41, 5.74) is 1.01. The van der Waals surface area contributed by atoms with Crippen LogP contribution in [0, 0.1) is 5.92 Å². The van der Waals surface area contributed by atoms with Crippen molar-refractivity contribution in [2.24, 2.45) is 5.92 Å². The van der Waals surface area contributed by atoms with Gasteiger partial charge in [-0.1, -0.05) is 43.1 Å². The molecule has 1 N–H and O–H groups in total. The Kier molecular flexibility index (Phi) is 4.91. The van der Waals surface area contributed by atoms with E-state index in [0.717, 1.165) is 22.0 Å². The lowest BCUT2D eigenvalue weighted by atomic mass is 9.97. The standard InChI is InChI=1S/C12H17Cl2N/c1-8(2)7-11(15-3)12-9(13)5-4-6-10(12)14/h4-6,8,11,15H,7H2,1-3H3. The molecule has 0 saturated carbocycles. The summed E-state index contributed by atoms with van der Waals surface area (Å²) in [5.74, 6) is 0.606. The molecule has 0 spiro atoms. The molecule has 0 saturated heterocycles. The van der Waals surface area contributed by atoms with E-state index in [0.29, 0.717) is 5.92 Å². The van der Waals surface area contributed by atoms with Crippen molar-refractivity contribution in [1.82, 2.24) is 5.32 Å². The molecule has 0 bridgehead atoms. The zero-order valence-corrected chi connectivity index (χ0v) is 10.9. The van der Waals surface area contributed by atoms with Crippen LogP contribution in [-0.2, 0) is 0 Å². The molecule has 1 aromatic rings. The normalized spacial score (nSPS) is 13.2. The van der Waals surface area contributed by atoms with E-state index in [1.807, 2.05) is 25.2 Å². The molecular weight excluding hydrogens is 229 g/mol. The lowest BCUT2D eigenvalue weighted by Crippen LogP contribution is -2.19. The van der Waals surface area contributed by atoms with E-state index in [9.17, 15) is 0 Å². The number of benzene rings is 1. The Labute approximate surface area is 102 Å². The van der Waals surface area contributed by atoms with Gasteiger partial charge in [-0.05, 0) is 31.5 Å². The molecule has 0 fully saturated rings. The molecule has 1 rings (SSSR count). The fraction of sp³-hybridized carbons (Fsp3) is 0.500. The van der Waals surface area contributed by atoms with E-state index in [1.165, 1.54) is 0 Å². The van der Waals surface area contributed by atoms with Gasteiger partial charge in [0.15, 0.2) is 0 Å². The number of nitrogens with one attached hydrogen (secondary N) is 1. The molecule has 0 aromatic heterocycles. The fourth-order valence-electron chi connectivity index (χ4n) is 1.70. The van der Waals surface area contributed by atoms with Crippen molar-refractivity contribution in [3.05, 3.63) is 33.8 Å². The van der Waals surface area contributed by atoms with Crippen molar-refractivity contribution in [3.63, 3.8) is 0 Å². The zero-order chi connectivity index (χ0) is 11.4. The van der Waals surface area contributed by atoms with Crippen LogP contribution in [0.25, 0.3) is 0 Å². The first-order valence-electron chi connectivity index (χ1n) is 5.17. The predicted molar refractivity (Wildman–Crippen MR) is 67.7 cm³/mol. The number of halogens is 2. The van der Waals surface area contributed by atoms with Gasteiger partial charge in [0, 0.05) is 21.7 Å². The van der Waals surface area contributed by atoms with E-state index in [-0.39, 0.29) is 6.04 Å². The summed E-state index contributed by atoms with van der Waals surface area (Å²) in [5, 5.41) is 4.74. The first kappa shape index (κ1) is 12.8. The van der Waals surface area contributed by atoms with E-state index < -0.39 is 0 Å². The maximum absolute atomic E-state index is 6.16. The van der Waals surface area contributed by atoms with Crippen molar-refractivity contribution < 1.29 is 0 Å². The first-order chi connectivity index (χ1) is 7.06. The van der Waals surface area contributed by atoms with Crippen LogP contribution in [0.1, 0.15) is 31.9 Å². The molecule has 1 atom stereocenters. The van der Waals surface area contributed by atoms with Gasteiger partial charge in [-0.15, -0.1) is 0 Å². The maximum Gasteiger partial charge on any atom is 0.0468 e. The quantitative estimate of drug-likeness (QED) is 0.835. The van der Waals surface area contributed by atoms with E-state index >= 15 is 0 Å². The van der Waals surface area contributed by atoms with Gasteiger partial charge in [0.25, 0.3) is 0 Å². The summed E-state index contributed by atoms with van der Waals surface area (Å²) in [6.07, 6.45) is 1.03. The van der Waals surface area contributed by atoms with Crippen molar-refractivity contribution in [1.29, 1.82) is 0 Å². The molecule has 0 aliphatic carbocycles. The van der Waals surface area contributed by atoms with Gasteiger partial charge in [0.1, 0.15) is 0 Å². The second-order valence-electron chi connectivity index (χ2n) is 4.11. The SMILES string of the molecule is CNC(CC(C)C)c1c(Cl)cccc1Cl. The highest BCUT2D eigenvalue weighted by Gasteiger charge is 2.17. The fourth-order valence-corrected chi connectivity index (χ4v) is 2.36. The summed E-state index contributed by atoms with van der Waals surface area (Å²) < 4.78 is 0. The minimum Gasteiger partial charge on any atom is -0.313 e. The summed E-state index contributed by atoms with van der Waals surface area (Å²) in [6.45, 7) is 4.38. The van der Waals surface area contributed by atoms with Gasteiger partial charge >= 0.3 is 0 Å². The predicted octanol–water partition coefficient (Wildman–Crippen LogP) is 4.30. The molecule has 1 nitrogen and oxygen atoms in total. The van der Waals surface area contributed by atoms with Gasteiger partial charge in [-0.2, -0.15) is 0 Å². The summed E-state index contributed by atoms with van der Waals surface area (Å²) in [4.78, 5) is 0. The van der Waals surface area contributed by atoms with Crippen molar-refractivity contribution in [3.8, 4) is 0 Å². The number of hydrogen-bond donors (Lipinski definition) is 1. The van der Waals surface area contributed by atoms with Gasteiger partial charge in [-0.3, -0.25) is 0 Å². The molecule has 15 heavy (non-hydrogen) atoms. The third kappa shape index (κ3) is 3.37. The Hall–Kier alpha value is -0.240. The molecule has 1 aromatic carbocycles. The first-order valence-corrected chi connectivity index (χ1v) is 5.93. The van der Waals surface area contributed by atoms with E-state index in [2.05, 4.69) is 19.2 Å². The molecule has 3 heteroatoms. The lowest BCUT2D eigenvalue weighted by Gasteiger charge is -2.21. The van der Waals surface area contributed by atoms with Crippen molar-refractivity contribution in [2.75, 3.05) is 7.05 Å². The van der Waals surface area contributed by atoms with Gasteiger partial charge < -0.3 is 5.32 Å². The lowest BCUT2D eigenvalue weighted by molar-refractivity contribution is 0.457. The Balaban J connectivity index is 3.00. The third-order valence-corrected chi connectivity index (χ3v) is 3.06. The minimum atomic E-state index is 0.228. The minimum absolute atomic E-state index is 0.228. The summed E-state index contributed by atoms with van der Waals surface area (Å²) in [6, 6.07) is 5.86. The highest BCUT2D eigenvalue weighted by Crippen LogP contribution is 2.33. The molecule has 84 valence electrons. The molecular formula is C12H17Cl2N. The Morgan fingerprint density at radius 2 is 1.73 bits per heavy atom. The van der Waals surface area contributed by atoms with Crippen molar-refractivity contribution >= 4 is 23.2 Å². The molecule has 0 radical (unpaired) electrons. The molecule has 0 aliphatic rings. The van der Waals surface area contributed by atoms with Crippen LogP contribution >= 0.6 is 23.2 Å². The largest absolute Gasteiger partial charge is 0.313 e. The van der Waals surface area contributed by atoms with Gasteiger partial charge in [0.2, 0.25) is 0 Å². The zero-order valence-electron chi connectivity index (χ0n) is 9.35. The average molecular weight is 246 g/mol. The van der Waals surface area contributed by atoms with Gasteiger partial charge in [0.05, 0.1) is 0 Å². The molecule has 0 heterocycles. The smallest absolute Gasteiger partial charge is 0.0468 e. The van der Waals surface area contributed by atoms with Crippen LogP contribution in [0.4, 0.5) is 0 Å². The highest BCUT2D eigenvalue weighted by molar-refractivity contribution is 6.36. The van der Waals surface area contributed by atoms with Gasteiger partial charge in [-0.25, -0.2) is 0 Å². The Morgan fingerprint density at radius 1 is 1.20 bits per heavy atom. The monoisotopic (exact) mass is 245 g/mol. The summed E-state index contributed by atoms with van der Waals surface area (Å²) >= 11 is 12.3. The van der Waals surface area contributed by atoms with Crippen LogP contribution < -0.4 is 5.32 Å². The number of hydrogen-bond acceptors (Lipinski definition) is 1. The van der Waals surface area contributed by atoms with Crippen LogP contribution in [0.2, 0.25) is 10.0 Å². The van der Waals surface area contributed by atoms with E-state index in [1.54, 1.807) is 0 Å². The van der Waals surface area contributed by atoms with Crippen LogP contribution in [0.15, 0.2) is 18.2 Å². The second-order valence-corrected chi connectivity index (χ2v) is 4.92. The number of rotatable bonds is 4. The second kappa shape index (κ2) is 5.74. The Bertz CT molecular complexity index is 303. The molecule has 0 aliphatic heterocycles. The Morgan fingerprint density at radius 3 is 2.13 bits per heavy atom. The highest BCUT2D eigenvalue weighted by atomic mass is 35.5. The third-order valence-electron chi connectivity index (χ3n) is 2.40. The molecule has 1 unspecified atom stereocenters. The average Bonchev–Trinajstić information content (AvgIpc) is 2.15. The topological polar surface area (TPSA) is 12.0 Å². The van der Waals surface area contributed by atoms with Crippen LogP contribution in [0.3, 0.4) is 0 Å². The molecule has 0 amide bonds.